The first kappa shape index (κ1) is 12.5. The van der Waals surface area contributed by atoms with Crippen LogP contribution in [0.4, 0.5) is 5.69 Å². The highest BCUT2D eigenvalue weighted by atomic mass is 16.3. The van der Waals surface area contributed by atoms with Gasteiger partial charge in [-0.05, 0) is 28.8 Å². The molecule has 0 spiro atoms. The molecule has 2 N–H and O–H groups in total. The SMILES string of the molecule is [N-]=[N+]=Nc1ccc(/C=C/c2cc(O)cc(O)c2)cc1. The van der Waals surface area contributed by atoms with Gasteiger partial charge in [0.15, 0.2) is 0 Å². The fraction of sp³-hybridized carbons (Fsp3) is 0. The molecule has 2 rings (SSSR count). The number of hydrogen-bond acceptors (Lipinski definition) is 3. The summed E-state index contributed by atoms with van der Waals surface area (Å²) in [6, 6.07) is 11.4. The van der Waals surface area contributed by atoms with E-state index in [0.717, 1.165) is 5.56 Å². The number of hydrogen-bond donors (Lipinski definition) is 2. The first-order valence-electron chi connectivity index (χ1n) is 5.53. The second-order valence-electron chi connectivity index (χ2n) is 3.90. The molecule has 0 atom stereocenters. The zero-order chi connectivity index (χ0) is 13.7. The van der Waals surface area contributed by atoms with Gasteiger partial charge in [-0.15, -0.1) is 0 Å². The van der Waals surface area contributed by atoms with Gasteiger partial charge < -0.3 is 10.2 Å². The number of phenols is 2. The molecular weight excluding hydrogens is 242 g/mol. The molecule has 0 amide bonds. The molecule has 0 heterocycles. The van der Waals surface area contributed by atoms with Gasteiger partial charge in [-0.2, -0.15) is 0 Å². The molecule has 0 aliphatic carbocycles. The van der Waals surface area contributed by atoms with Gasteiger partial charge in [0.2, 0.25) is 0 Å². The van der Waals surface area contributed by atoms with Gasteiger partial charge >= 0.3 is 0 Å². The number of nitrogens with zero attached hydrogens (tertiary/aromatic N) is 3. The molecule has 2 aromatic rings. The molecule has 0 bridgehead atoms. The van der Waals surface area contributed by atoms with E-state index in [1.165, 1.54) is 6.07 Å². The summed E-state index contributed by atoms with van der Waals surface area (Å²) in [6.07, 6.45) is 3.59. The Kier molecular flexibility index (Phi) is 3.71. The molecule has 0 saturated carbocycles. The topological polar surface area (TPSA) is 89.2 Å². The summed E-state index contributed by atoms with van der Waals surface area (Å²) in [4.78, 5) is 2.70. The van der Waals surface area contributed by atoms with E-state index in [0.29, 0.717) is 11.3 Å². The average Bonchev–Trinajstić information content (AvgIpc) is 2.37. The molecule has 94 valence electrons. The van der Waals surface area contributed by atoms with Crippen molar-refractivity contribution in [1.29, 1.82) is 0 Å². The third-order valence-corrected chi connectivity index (χ3v) is 2.45. The third-order valence-electron chi connectivity index (χ3n) is 2.45. The summed E-state index contributed by atoms with van der Waals surface area (Å²) in [5.74, 6) is 0.0247. The van der Waals surface area contributed by atoms with E-state index in [4.69, 9.17) is 5.53 Å². The minimum absolute atomic E-state index is 0.0124. The van der Waals surface area contributed by atoms with Gasteiger partial charge in [0.25, 0.3) is 0 Å². The fourth-order valence-electron chi connectivity index (χ4n) is 1.61. The summed E-state index contributed by atoms with van der Waals surface area (Å²) in [5.41, 5.74) is 10.4. The highest BCUT2D eigenvalue weighted by Crippen LogP contribution is 2.22. The van der Waals surface area contributed by atoms with Crippen LogP contribution in [0.2, 0.25) is 0 Å². The monoisotopic (exact) mass is 253 g/mol. The third kappa shape index (κ3) is 3.52. The van der Waals surface area contributed by atoms with E-state index >= 15 is 0 Å². The summed E-state index contributed by atoms with van der Waals surface area (Å²) < 4.78 is 0. The Labute approximate surface area is 109 Å². The van der Waals surface area contributed by atoms with E-state index in [1.807, 2.05) is 18.2 Å². The van der Waals surface area contributed by atoms with Crippen molar-refractivity contribution in [3.63, 3.8) is 0 Å². The van der Waals surface area contributed by atoms with E-state index in [-0.39, 0.29) is 11.5 Å². The van der Waals surface area contributed by atoms with Crippen LogP contribution in [-0.4, -0.2) is 10.2 Å². The molecule has 5 nitrogen and oxygen atoms in total. The van der Waals surface area contributed by atoms with Crippen LogP contribution in [0.5, 0.6) is 11.5 Å². The molecule has 5 heteroatoms. The molecule has 2 aromatic carbocycles. The normalized spacial score (nSPS) is 10.3. The molecular formula is C14H11N3O2. The zero-order valence-electron chi connectivity index (χ0n) is 9.93. The molecule has 0 saturated heterocycles. The van der Waals surface area contributed by atoms with Crippen LogP contribution in [0.3, 0.4) is 0 Å². The Balaban J connectivity index is 2.19. The van der Waals surface area contributed by atoms with Crippen LogP contribution in [-0.2, 0) is 0 Å². The maximum absolute atomic E-state index is 9.35. The van der Waals surface area contributed by atoms with Crippen LogP contribution in [0, 0.1) is 0 Å². The Hall–Kier alpha value is -2.91. The molecule has 0 radical (unpaired) electrons. The van der Waals surface area contributed by atoms with Gasteiger partial charge in [0, 0.05) is 16.7 Å². The van der Waals surface area contributed by atoms with Crippen molar-refractivity contribution in [2.75, 3.05) is 0 Å². The lowest BCUT2D eigenvalue weighted by molar-refractivity contribution is 0.450. The predicted molar refractivity (Wildman–Crippen MR) is 73.9 cm³/mol. The largest absolute Gasteiger partial charge is 0.508 e. The van der Waals surface area contributed by atoms with E-state index < -0.39 is 0 Å². The van der Waals surface area contributed by atoms with Crippen LogP contribution in [0.15, 0.2) is 47.6 Å². The molecule has 0 unspecified atom stereocenters. The molecule has 0 aliphatic heterocycles. The molecule has 0 fully saturated rings. The van der Waals surface area contributed by atoms with Crippen LogP contribution >= 0.6 is 0 Å². The summed E-state index contributed by atoms with van der Waals surface area (Å²) >= 11 is 0. The number of azide groups is 1. The second-order valence-corrected chi connectivity index (χ2v) is 3.90. The molecule has 19 heavy (non-hydrogen) atoms. The smallest absolute Gasteiger partial charge is 0.119 e. The van der Waals surface area contributed by atoms with Crippen molar-refractivity contribution in [1.82, 2.24) is 0 Å². The van der Waals surface area contributed by atoms with E-state index in [1.54, 1.807) is 30.3 Å². The van der Waals surface area contributed by atoms with Gasteiger partial charge in [-0.25, -0.2) is 0 Å². The van der Waals surface area contributed by atoms with Gasteiger partial charge in [0.1, 0.15) is 11.5 Å². The molecule has 0 aliphatic rings. The van der Waals surface area contributed by atoms with Crippen LogP contribution in [0.1, 0.15) is 11.1 Å². The maximum Gasteiger partial charge on any atom is 0.119 e. The standard InChI is InChI=1S/C14H11N3O2/c15-17-16-12-5-3-10(4-6-12)1-2-11-7-13(18)9-14(19)8-11/h1-9,18-19H/b2-1+. The molecule has 0 aromatic heterocycles. The number of aromatic hydroxyl groups is 2. The van der Waals surface area contributed by atoms with Crippen molar-refractivity contribution in [3.8, 4) is 11.5 Å². The number of rotatable bonds is 3. The van der Waals surface area contributed by atoms with Crippen molar-refractivity contribution in [3.05, 3.63) is 64.0 Å². The quantitative estimate of drug-likeness (QED) is 0.371. The van der Waals surface area contributed by atoms with E-state index in [2.05, 4.69) is 10.0 Å². The predicted octanol–water partition coefficient (Wildman–Crippen LogP) is 4.21. The van der Waals surface area contributed by atoms with Gasteiger partial charge in [-0.3, -0.25) is 0 Å². The fourth-order valence-corrected chi connectivity index (χ4v) is 1.61. The van der Waals surface area contributed by atoms with Crippen molar-refractivity contribution in [2.24, 2.45) is 5.11 Å². The Morgan fingerprint density at radius 3 is 2.05 bits per heavy atom. The minimum atomic E-state index is 0.0124. The summed E-state index contributed by atoms with van der Waals surface area (Å²) in [7, 11) is 0. The van der Waals surface area contributed by atoms with Crippen molar-refractivity contribution >= 4 is 17.8 Å². The maximum atomic E-state index is 9.35. The Morgan fingerprint density at radius 1 is 0.895 bits per heavy atom. The highest BCUT2D eigenvalue weighted by Gasteiger charge is 1.96. The van der Waals surface area contributed by atoms with Crippen LogP contribution in [0.25, 0.3) is 22.6 Å². The highest BCUT2D eigenvalue weighted by molar-refractivity contribution is 5.71. The van der Waals surface area contributed by atoms with Crippen molar-refractivity contribution < 1.29 is 10.2 Å². The minimum Gasteiger partial charge on any atom is -0.508 e. The average molecular weight is 253 g/mol. The first-order chi connectivity index (χ1) is 9.17. The Bertz CT molecular complexity index is 637. The van der Waals surface area contributed by atoms with Crippen LogP contribution < -0.4 is 0 Å². The van der Waals surface area contributed by atoms with Gasteiger partial charge in [0.05, 0.1) is 0 Å². The lowest BCUT2D eigenvalue weighted by atomic mass is 10.1. The number of benzene rings is 2. The summed E-state index contributed by atoms with van der Waals surface area (Å²) in [5, 5.41) is 22.2. The van der Waals surface area contributed by atoms with Gasteiger partial charge in [-0.1, -0.05) is 41.5 Å². The van der Waals surface area contributed by atoms with Crippen molar-refractivity contribution in [2.45, 2.75) is 0 Å². The first-order valence-corrected chi connectivity index (χ1v) is 5.53. The lowest BCUT2D eigenvalue weighted by Crippen LogP contribution is -1.74. The Morgan fingerprint density at radius 2 is 1.47 bits per heavy atom. The number of phenolic OH excluding ortho intramolecular Hbond substituents is 2. The summed E-state index contributed by atoms with van der Waals surface area (Å²) in [6.45, 7) is 0. The lowest BCUT2D eigenvalue weighted by Gasteiger charge is -1.98. The van der Waals surface area contributed by atoms with E-state index in [9.17, 15) is 10.2 Å². The zero-order valence-corrected chi connectivity index (χ0v) is 9.93. The second kappa shape index (κ2) is 5.62.